The number of benzene rings is 2. The molecule has 0 saturated carbocycles. The maximum atomic E-state index is 12.1. The zero-order chi connectivity index (χ0) is 17.5. The van der Waals surface area contributed by atoms with E-state index in [1.165, 1.54) is 11.1 Å². The van der Waals surface area contributed by atoms with Crippen molar-refractivity contribution < 1.29 is 4.79 Å². The number of nitrogens with one attached hydrogen (secondary N) is 1. The Hall–Kier alpha value is -2.81. The summed E-state index contributed by atoms with van der Waals surface area (Å²) in [5.41, 5.74) is 7.19. The van der Waals surface area contributed by atoms with Crippen LogP contribution in [-0.4, -0.2) is 10.4 Å². The molecule has 0 bridgehead atoms. The normalized spacial score (nSPS) is 18.5. The average Bonchev–Trinajstić information content (AvgIpc) is 3.28. The van der Waals surface area contributed by atoms with E-state index in [1.807, 2.05) is 12.3 Å². The van der Waals surface area contributed by atoms with Gasteiger partial charge in [0.15, 0.2) is 5.78 Å². The molecule has 3 nitrogen and oxygen atoms in total. The molecule has 2 aliphatic rings. The van der Waals surface area contributed by atoms with Crippen molar-refractivity contribution in [1.82, 2.24) is 4.57 Å². The van der Waals surface area contributed by atoms with Crippen LogP contribution in [0.3, 0.4) is 0 Å². The van der Waals surface area contributed by atoms with Crippen LogP contribution < -0.4 is 5.32 Å². The lowest BCUT2D eigenvalue weighted by molar-refractivity contribution is 0.0972. The largest absolute Gasteiger partial charge is 0.378 e. The van der Waals surface area contributed by atoms with Gasteiger partial charge in [-0.3, -0.25) is 4.79 Å². The highest BCUT2D eigenvalue weighted by Gasteiger charge is 2.23. The molecule has 2 aliphatic carbocycles. The number of rotatable bonds is 3. The highest BCUT2D eigenvalue weighted by molar-refractivity contribution is 5.98. The second-order valence-electron chi connectivity index (χ2n) is 7.31. The molecular weight excluding hydrogens is 320 g/mol. The number of anilines is 1. The maximum Gasteiger partial charge on any atom is 0.164 e. The molecule has 3 aromatic rings. The van der Waals surface area contributed by atoms with Gasteiger partial charge in [-0.15, -0.1) is 0 Å². The summed E-state index contributed by atoms with van der Waals surface area (Å²) in [4.78, 5) is 12.1. The number of Topliss-reactive ketones (excluding diaryl/α,β-unsaturated/α-hetero) is 1. The zero-order valence-electron chi connectivity index (χ0n) is 14.7. The summed E-state index contributed by atoms with van der Waals surface area (Å²) < 4.78 is 2.18. The van der Waals surface area contributed by atoms with Crippen LogP contribution in [0, 0.1) is 0 Å². The third kappa shape index (κ3) is 2.55. The van der Waals surface area contributed by atoms with Crippen molar-refractivity contribution in [3.05, 3.63) is 83.2 Å². The highest BCUT2D eigenvalue weighted by atomic mass is 16.1. The predicted molar refractivity (Wildman–Crippen MR) is 104 cm³/mol. The van der Waals surface area contributed by atoms with E-state index >= 15 is 0 Å². The van der Waals surface area contributed by atoms with E-state index in [2.05, 4.69) is 58.4 Å². The Morgan fingerprint density at radius 2 is 1.88 bits per heavy atom. The molecule has 130 valence electrons. The SMILES string of the molecule is O=C1CCCc2c1ccn2-c1cccc(NC2CCc3ccccc32)c1. The molecule has 0 spiro atoms. The van der Waals surface area contributed by atoms with Crippen LogP contribution in [-0.2, 0) is 12.8 Å². The molecular formula is C23H22N2O. The van der Waals surface area contributed by atoms with E-state index in [4.69, 9.17) is 0 Å². The Bertz CT molecular complexity index is 985. The number of fused-ring (bicyclic) bond motifs is 2. The molecule has 26 heavy (non-hydrogen) atoms. The number of aryl methyl sites for hydroxylation is 1. The van der Waals surface area contributed by atoms with Crippen LogP contribution in [0.25, 0.3) is 5.69 Å². The van der Waals surface area contributed by atoms with Crippen molar-refractivity contribution in [1.29, 1.82) is 0 Å². The first-order valence-corrected chi connectivity index (χ1v) is 9.48. The summed E-state index contributed by atoms with van der Waals surface area (Å²) in [6.07, 6.45) is 6.92. The van der Waals surface area contributed by atoms with E-state index in [0.29, 0.717) is 12.5 Å². The van der Waals surface area contributed by atoms with Crippen LogP contribution in [0.15, 0.2) is 60.8 Å². The molecule has 1 heterocycles. The van der Waals surface area contributed by atoms with E-state index in [0.717, 1.165) is 48.3 Å². The molecule has 2 aromatic carbocycles. The lowest BCUT2D eigenvalue weighted by Crippen LogP contribution is -2.12. The van der Waals surface area contributed by atoms with Crippen LogP contribution in [0.2, 0.25) is 0 Å². The van der Waals surface area contributed by atoms with Gasteiger partial charge in [-0.1, -0.05) is 30.3 Å². The number of aromatic nitrogens is 1. The summed E-state index contributed by atoms with van der Waals surface area (Å²) in [6.45, 7) is 0. The number of carbonyl (C=O) groups excluding carboxylic acids is 1. The molecule has 0 amide bonds. The number of carbonyl (C=O) groups is 1. The fourth-order valence-electron chi connectivity index (χ4n) is 4.42. The zero-order valence-corrected chi connectivity index (χ0v) is 14.7. The number of nitrogens with zero attached hydrogens (tertiary/aromatic N) is 1. The van der Waals surface area contributed by atoms with E-state index in [9.17, 15) is 4.79 Å². The Balaban J connectivity index is 1.45. The van der Waals surface area contributed by atoms with Gasteiger partial charge < -0.3 is 9.88 Å². The summed E-state index contributed by atoms with van der Waals surface area (Å²) in [5, 5.41) is 3.71. The van der Waals surface area contributed by atoms with Gasteiger partial charge in [0.25, 0.3) is 0 Å². The van der Waals surface area contributed by atoms with Gasteiger partial charge >= 0.3 is 0 Å². The van der Waals surface area contributed by atoms with E-state index in [1.54, 1.807) is 0 Å². The van der Waals surface area contributed by atoms with Crippen molar-refractivity contribution in [2.24, 2.45) is 0 Å². The third-order valence-electron chi connectivity index (χ3n) is 5.71. The molecule has 1 unspecified atom stereocenters. The molecule has 1 aromatic heterocycles. The first kappa shape index (κ1) is 15.4. The van der Waals surface area contributed by atoms with Gasteiger partial charge in [0.2, 0.25) is 0 Å². The summed E-state index contributed by atoms with van der Waals surface area (Å²) >= 11 is 0. The standard InChI is InChI=1S/C23H22N2O/c26-23-10-4-9-22-20(23)13-14-25(22)18-7-3-6-17(15-18)24-21-12-11-16-5-1-2-8-19(16)21/h1-3,5-8,13-15,21,24H,4,9-12H2. The molecule has 3 heteroatoms. The minimum absolute atomic E-state index is 0.279. The minimum Gasteiger partial charge on any atom is -0.378 e. The van der Waals surface area contributed by atoms with E-state index in [-0.39, 0.29) is 5.78 Å². The third-order valence-corrected chi connectivity index (χ3v) is 5.71. The summed E-state index contributed by atoms with van der Waals surface area (Å²) in [6, 6.07) is 19.6. The number of ketones is 1. The Kier molecular flexibility index (Phi) is 3.66. The van der Waals surface area contributed by atoms with Crippen LogP contribution in [0.5, 0.6) is 0 Å². The van der Waals surface area contributed by atoms with Gasteiger partial charge in [-0.2, -0.15) is 0 Å². The Labute approximate surface area is 153 Å². The lowest BCUT2D eigenvalue weighted by atomic mass is 9.97. The molecule has 0 fully saturated rings. The van der Waals surface area contributed by atoms with Gasteiger partial charge in [-0.05, 0) is 61.1 Å². The van der Waals surface area contributed by atoms with Gasteiger partial charge in [0, 0.05) is 35.2 Å². The first-order valence-electron chi connectivity index (χ1n) is 9.48. The van der Waals surface area contributed by atoms with Crippen molar-refractivity contribution in [3.63, 3.8) is 0 Å². The van der Waals surface area contributed by atoms with E-state index < -0.39 is 0 Å². The number of hydrogen-bond donors (Lipinski definition) is 1. The van der Waals surface area contributed by atoms with Crippen LogP contribution >= 0.6 is 0 Å². The monoisotopic (exact) mass is 342 g/mol. The average molecular weight is 342 g/mol. The number of hydrogen-bond acceptors (Lipinski definition) is 2. The fourth-order valence-corrected chi connectivity index (χ4v) is 4.42. The Morgan fingerprint density at radius 1 is 0.962 bits per heavy atom. The molecule has 5 rings (SSSR count). The van der Waals surface area contributed by atoms with Gasteiger partial charge in [0.05, 0.1) is 6.04 Å². The summed E-state index contributed by atoms with van der Waals surface area (Å²) in [5.74, 6) is 0.279. The molecule has 1 atom stereocenters. The second kappa shape index (κ2) is 6.17. The summed E-state index contributed by atoms with van der Waals surface area (Å²) in [7, 11) is 0. The maximum absolute atomic E-state index is 12.1. The van der Waals surface area contributed by atoms with Crippen molar-refractivity contribution >= 4 is 11.5 Å². The first-order chi connectivity index (χ1) is 12.8. The fraction of sp³-hybridized carbons (Fsp3) is 0.261. The topological polar surface area (TPSA) is 34.0 Å². The van der Waals surface area contributed by atoms with Gasteiger partial charge in [-0.25, -0.2) is 0 Å². The van der Waals surface area contributed by atoms with Crippen molar-refractivity contribution in [2.75, 3.05) is 5.32 Å². The van der Waals surface area contributed by atoms with Crippen molar-refractivity contribution in [3.8, 4) is 5.69 Å². The molecule has 0 radical (unpaired) electrons. The second-order valence-corrected chi connectivity index (χ2v) is 7.31. The van der Waals surface area contributed by atoms with Crippen LogP contribution in [0.4, 0.5) is 5.69 Å². The van der Waals surface area contributed by atoms with Crippen LogP contribution in [0.1, 0.15) is 52.5 Å². The minimum atomic E-state index is 0.279. The molecule has 0 aliphatic heterocycles. The molecule has 1 N–H and O–H groups in total. The predicted octanol–water partition coefficient (Wildman–Crippen LogP) is 5.10. The smallest absolute Gasteiger partial charge is 0.164 e. The quantitative estimate of drug-likeness (QED) is 0.719. The van der Waals surface area contributed by atoms with Gasteiger partial charge in [0.1, 0.15) is 0 Å². The highest BCUT2D eigenvalue weighted by Crippen LogP contribution is 2.34. The lowest BCUT2D eigenvalue weighted by Gasteiger charge is -2.18. The van der Waals surface area contributed by atoms with Crippen molar-refractivity contribution in [2.45, 2.75) is 38.1 Å². The molecule has 0 saturated heterocycles. The Morgan fingerprint density at radius 3 is 2.85 bits per heavy atom.